The highest BCUT2D eigenvalue weighted by atomic mass is 16.3. The topological polar surface area (TPSA) is 96.2 Å². The van der Waals surface area contributed by atoms with Crippen molar-refractivity contribution in [1.82, 2.24) is 15.1 Å². The maximum Gasteiger partial charge on any atom is 0.342 e. The lowest BCUT2D eigenvalue weighted by Crippen LogP contribution is -2.35. The summed E-state index contributed by atoms with van der Waals surface area (Å²) >= 11 is 0. The van der Waals surface area contributed by atoms with Gasteiger partial charge in [-0.2, -0.15) is 9.78 Å². The highest BCUT2D eigenvalue weighted by Gasteiger charge is 2.26. The van der Waals surface area contributed by atoms with Gasteiger partial charge in [-0.3, -0.25) is 4.79 Å². The number of phenolic OH excluding ortho intramolecular Hbond substituents is 1. The van der Waals surface area contributed by atoms with E-state index in [1.54, 1.807) is 18.2 Å². The third-order valence-corrected chi connectivity index (χ3v) is 6.03. The van der Waals surface area contributed by atoms with Crippen molar-refractivity contribution in [2.45, 2.75) is 58.4 Å². The first-order chi connectivity index (χ1) is 15.8. The van der Waals surface area contributed by atoms with Crippen LogP contribution in [0.5, 0.6) is 5.75 Å². The molecule has 0 aliphatic heterocycles. The lowest BCUT2D eigenvalue weighted by atomic mass is 10.0. The molecule has 1 heterocycles. The number of anilines is 1. The summed E-state index contributed by atoms with van der Waals surface area (Å²) in [4.78, 5) is 25.6. The second-order valence-electron chi connectivity index (χ2n) is 8.95. The molecule has 2 amide bonds. The van der Waals surface area contributed by atoms with Crippen LogP contribution in [0, 0.1) is 6.92 Å². The fourth-order valence-corrected chi connectivity index (χ4v) is 4.36. The summed E-state index contributed by atoms with van der Waals surface area (Å²) in [5.41, 5.74) is 3.83. The third-order valence-electron chi connectivity index (χ3n) is 6.03. The Bertz CT molecular complexity index is 1180. The van der Waals surface area contributed by atoms with Crippen LogP contribution in [-0.4, -0.2) is 32.9 Å². The first-order valence-corrected chi connectivity index (χ1v) is 11.4. The zero-order valence-electron chi connectivity index (χ0n) is 19.3. The van der Waals surface area contributed by atoms with E-state index >= 15 is 0 Å². The molecule has 7 nitrogen and oxygen atoms in total. The van der Waals surface area contributed by atoms with E-state index in [0.29, 0.717) is 22.5 Å². The van der Waals surface area contributed by atoms with Crippen LogP contribution in [0.25, 0.3) is 11.3 Å². The number of aromatic nitrogens is 2. The van der Waals surface area contributed by atoms with Gasteiger partial charge in [0.2, 0.25) is 0 Å². The number of rotatable bonds is 5. The van der Waals surface area contributed by atoms with E-state index in [2.05, 4.69) is 15.7 Å². The van der Waals surface area contributed by atoms with Gasteiger partial charge in [-0.05, 0) is 69.5 Å². The van der Waals surface area contributed by atoms with E-state index in [4.69, 9.17) is 0 Å². The van der Waals surface area contributed by atoms with E-state index in [-0.39, 0.29) is 29.6 Å². The van der Waals surface area contributed by atoms with Gasteiger partial charge in [0.15, 0.2) is 0 Å². The number of nitrogens with zero attached hydrogens (tertiary/aromatic N) is 2. The Balaban J connectivity index is 1.67. The minimum absolute atomic E-state index is 0.0186. The van der Waals surface area contributed by atoms with Gasteiger partial charge in [0.05, 0.1) is 11.4 Å². The van der Waals surface area contributed by atoms with Crippen LogP contribution < -0.4 is 10.6 Å². The molecule has 3 N–H and O–H groups in total. The second kappa shape index (κ2) is 9.48. The van der Waals surface area contributed by atoms with Crippen molar-refractivity contribution in [3.05, 3.63) is 65.4 Å². The number of hydrogen-bond donors (Lipinski definition) is 3. The monoisotopic (exact) mass is 446 g/mol. The Hall–Kier alpha value is -3.61. The summed E-state index contributed by atoms with van der Waals surface area (Å²) in [5, 5.41) is 20.9. The lowest BCUT2D eigenvalue weighted by molar-refractivity contribution is 0.102. The van der Waals surface area contributed by atoms with E-state index in [9.17, 15) is 14.7 Å². The van der Waals surface area contributed by atoms with E-state index in [1.165, 1.54) is 10.7 Å². The van der Waals surface area contributed by atoms with Crippen molar-refractivity contribution in [2.24, 2.45) is 0 Å². The molecule has 1 fully saturated rings. The Kier molecular flexibility index (Phi) is 6.49. The highest BCUT2D eigenvalue weighted by molar-refractivity contribution is 6.05. The molecule has 172 valence electrons. The standard InChI is InChI=1S/C26H30N4O3/c1-16(2)27-26(33)30-23(18-9-5-6-10-18)15-22(29-30)21-14-19(12-13-24(21)31)28-25(32)20-11-7-4-8-17(20)3/h4,7-8,11-16,18,31H,5-6,9-10H2,1-3H3,(H,27,33)(H,28,32). The minimum atomic E-state index is -0.276. The van der Waals surface area contributed by atoms with Crippen molar-refractivity contribution >= 4 is 17.6 Å². The van der Waals surface area contributed by atoms with Crippen LogP contribution in [-0.2, 0) is 0 Å². The quantitative estimate of drug-likeness (QED) is 0.455. The molecule has 0 bridgehead atoms. The molecule has 0 radical (unpaired) electrons. The Labute approximate surface area is 193 Å². The van der Waals surface area contributed by atoms with Crippen molar-refractivity contribution in [3.8, 4) is 17.0 Å². The lowest BCUT2D eigenvalue weighted by Gasteiger charge is -2.13. The molecule has 7 heteroatoms. The van der Waals surface area contributed by atoms with E-state index in [1.807, 2.05) is 45.0 Å². The molecule has 1 saturated carbocycles. The number of hydrogen-bond acceptors (Lipinski definition) is 4. The molecular formula is C26H30N4O3. The SMILES string of the molecule is Cc1ccccc1C(=O)Nc1ccc(O)c(-c2cc(C3CCCC3)n(C(=O)NC(C)C)n2)c1. The molecule has 0 spiro atoms. The predicted octanol–water partition coefficient (Wildman–Crippen LogP) is 5.44. The number of aromatic hydroxyl groups is 1. The molecule has 2 aromatic carbocycles. The molecule has 1 aliphatic carbocycles. The summed E-state index contributed by atoms with van der Waals surface area (Å²) < 4.78 is 1.43. The molecule has 1 aliphatic rings. The number of aryl methyl sites for hydroxylation is 1. The number of phenols is 1. The maximum absolute atomic E-state index is 12.8. The number of carbonyl (C=O) groups is 2. The first kappa shape index (κ1) is 22.6. The molecule has 0 atom stereocenters. The zero-order valence-corrected chi connectivity index (χ0v) is 19.3. The summed E-state index contributed by atoms with van der Waals surface area (Å²) in [6.45, 7) is 5.70. The normalized spacial score (nSPS) is 13.9. The summed E-state index contributed by atoms with van der Waals surface area (Å²) in [5.74, 6) is 0.0734. The van der Waals surface area contributed by atoms with Crippen LogP contribution >= 0.6 is 0 Å². The number of nitrogens with one attached hydrogen (secondary N) is 2. The van der Waals surface area contributed by atoms with Crippen LogP contribution in [0.1, 0.15) is 67.1 Å². The van der Waals surface area contributed by atoms with E-state index in [0.717, 1.165) is 36.9 Å². The molecule has 3 aromatic rings. The van der Waals surface area contributed by atoms with Crippen LogP contribution in [0.3, 0.4) is 0 Å². The highest BCUT2D eigenvalue weighted by Crippen LogP contribution is 2.38. The summed E-state index contributed by atoms with van der Waals surface area (Å²) in [6, 6.07) is 13.8. The van der Waals surface area contributed by atoms with Gasteiger partial charge < -0.3 is 15.7 Å². The van der Waals surface area contributed by atoms with Gasteiger partial charge in [0.1, 0.15) is 5.75 Å². The van der Waals surface area contributed by atoms with Crippen molar-refractivity contribution in [1.29, 1.82) is 0 Å². The molecule has 0 saturated heterocycles. The third kappa shape index (κ3) is 4.92. The minimum Gasteiger partial charge on any atom is -0.507 e. The van der Waals surface area contributed by atoms with Gasteiger partial charge in [0, 0.05) is 28.8 Å². The smallest absolute Gasteiger partial charge is 0.342 e. The van der Waals surface area contributed by atoms with Gasteiger partial charge >= 0.3 is 6.03 Å². The van der Waals surface area contributed by atoms with Crippen LogP contribution in [0.2, 0.25) is 0 Å². The van der Waals surface area contributed by atoms with Crippen molar-refractivity contribution < 1.29 is 14.7 Å². The number of carbonyl (C=O) groups excluding carboxylic acids is 2. The summed E-state index contributed by atoms with van der Waals surface area (Å²) in [6.07, 6.45) is 4.28. The molecular weight excluding hydrogens is 416 g/mol. The van der Waals surface area contributed by atoms with Gasteiger partial charge in [-0.15, -0.1) is 0 Å². The Morgan fingerprint density at radius 1 is 1.09 bits per heavy atom. The largest absolute Gasteiger partial charge is 0.507 e. The second-order valence-corrected chi connectivity index (χ2v) is 8.95. The first-order valence-electron chi connectivity index (χ1n) is 11.4. The maximum atomic E-state index is 12.8. The fourth-order valence-electron chi connectivity index (χ4n) is 4.36. The predicted molar refractivity (Wildman–Crippen MR) is 129 cm³/mol. The number of amides is 2. The average molecular weight is 447 g/mol. The van der Waals surface area contributed by atoms with Crippen molar-refractivity contribution in [3.63, 3.8) is 0 Å². The van der Waals surface area contributed by atoms with Crippen molar-refractivity contribution in [2.75, 3.05) is 5.32 Å². The van der Waals surface area contributed by atoms with E-state index < -0.39 is 0 Å². The molecule has 4 rings (SSSR count). The zero-order chi connectivity index (χ0) is 23.5. The molecule has 1 aromatic heterocycles. The molecule has 0 unspecified atom stereocenters. The van der Waals surface area contributed by atoms with Crippen LogP contribution in [0.4, 0.5) is 10.5 Å². The number of benzene rings is 2. The average Bonchev–Trinajstić information content (AvgIpc) is 3.45. The summed E-state index contributed by atoms with van der Waals surface area (Å²) in [7, 11) is 0. The fraction of sp³-hybridized carbons (Fsp3) is 0.346. The van der Waals surface area contributed by atoms with Gasteiger partial charge in [-0.25, -0.2) is 4.79 Å². The van der Waals surface area contributed by atoms with Gasteiger partial charge in [-0.1, -0.05) is 31.0 Å². The van der Waals surface area contributed by atoms with Crippen LogP contribution in [0.15, 0.2) is 48.5 Å². The van der Waals surface area contributed by atoms with Gasteiger partial charge in [0.25, 0.3) is 5.91 Å². The Morgan fingerprint density at radius 3 is 2.52 bits per heavy atom. The Morgan fingerprint density at radius 2 is 1.82 bits per heavy atom. The molecule has 33 heavy (non-hydrogen) atoms.